The van der Waals surface area contributed by atoms with Crippen molar-refractivity contribution in [2.75, 3.05) is 13.6 Å². The van der Waals surface area contributed by atoms with Crippen LogP contribution in [0, 0.1) is 0 Å². The minimum Gasteiger partial charge on any atom is -0.342 e. The Balaban J connectivity index is 1.84. The number of nitrogens with one attached hydrogen (secondary N) is 2. The topological polar surface area (TPSA) is 40.7 Å². The summed E-state index contributed by atoms with van der Waals surface area (Å²) in [6, 6.07) is 8.73. The quantitative estimate of drug-likeness (QED) is 0.862. The Bertz CT molecular complexity index is 550. The molecule has 0 atom stereocenters. The van der Waals surface area contributed by atoms with E-state index < -0.39 is 0 Å². The molecule has 3 rings (SSSR count). The molecule has 100 valence electrons. The summed E-state index contributed by atoms with van der Waals surface area (Å²) in [5.41, 5.74) is 3.98. The highest BCUT2D eigenvalue weighted by molar-refractivity contribution is 5.59. The van der Waals surface area contributed by atoms with Crippen LogP contribution in [0.25, 0.3) is 11.3 Å². The van der Waals surface area contributed by atoms with Gasteiger partial charge in [-0.15, -0.1) is 0 Å². The molecule has 1 aliphatic rings. The maximum atomic E-state index is 4.59. The molecular weight excluding hydrogens is 234 g/mol. The van der Waals surface area contributed by atoms with Crippen molar-refractivity contribution in [3.63, 3.8) is 0 Å². The summed E-state index contributed by atoms with van der Waals surface area (Å²) in [6.07, 6.45) is 5.51. The van der Waals surface area contributed by atoms with E-state index in [1.165, 1.54) is 24.0 Å². The lowest BCUT2D eigenvalue weighted by atomic mass is 10.1. The average molecular weight is 255 g/mol. The molecule has 3 heteroatoms. The lowest BCUT2D eigenvalue weighted by Crippen LogP contribution is -2.24. The lowest BCUT2D eigenvalue weighted by Gasteiger charge is -2.10. The van der Waals surface area contributed by atoms with E-state index in [-0.39, 0.29) is 5.41 Å². The molecule has 0 saturated heterocycles. The zero-order chi connectivity index (χ0) is 13.3. The fourth-order valence-electron chi connectivity index (χ4n) is 2.64. The van der Waals surface area contributed by atoms with Crippen molar-refractivity contribution in [3.05, 3.63) is 41.9 Å². The number of likely N-dealkylation sites (N-methyl/N-ethyl adjacent to an activating group) is 1. The number of nitrogens with zero attached hydrogens (tertiary/aromatic N) is 1. The number of hydrogen-bond donors (Lipinski definition) is 2. The van der Waals surface area contributed by atoms with Gasteiger partial charge in [-0.25, -0.2) is 4.98 Å². The summed E-state index contributed by atoms with van der Waals surface area (Å²) in [5.74, 6) is 1.14. The molecule has 1 aromatic carbocycles. The third-order valence-corrected chi connectivity index (χ3v) is 4.12. The Morgan fingerprint density at radius 2 is 2.00 bits per heavy atom. The molecule has 19 heavy (non-hydrogen) atoms. The van der Waals surface area contributed by atoms with Crippen molar-refractivity contribution in [2.45, 2.75) is 31.6 Å². The van der Waals surface area contributed by atoms with Crippen LogP contribution in [0.4, 0.5) is 0 Å². The van der Waals surface area contributed by atoms with Crippen molar-refractivity contribution in [2.24, 2.45) is 0 Å². The second kappa shape index (κ2) is 4.82. The van der Waals surface area contributed by atoms with Crippen LogP contribution >= 0.6 is 0 Å². The summed E-state index contributed by atoms with van der Waals surface area (Å²) in [6.45, 7) is 3.19. The van der Waals surface area contributed by atoms with Gasteiger partial charge in [0, 0.05) is 12.0 Å². The first kappa shape index (κ1) is 12.4. The van der Waals surface area contributed by atoms with Gasteiger partial charge in [0.2, 0.25) is 0 Å². The Morgan fingerprint density at radius 3 is 2.58 bits per heavy atom. The molecule has 1 fully saturated rings. The highest BCUT2D eigenvalue weighted by atomic mass is 15.0. The highest BCUT2D eigenvalue weighted by Gasteiger charge is 2.46. The maximum Gasteiger partial charge on any atom is 0.114 e. The SMILES string of the molecule is CCc1ccc(-c2cnc(C3(CNC)CC3)[nH]2)cc1. The molecule has 0 unspecified atom stereocenters. The van der Waals surface area contributed by atoms with Crippen LogP contribution in [0.1, 0.15) is 31.2 Å². The molecule has 0 aliphatic heterocycles. The predicted molar refractivity (Wildman–Crippen MR) is 78.2 cm³/mol. The first-order valence-electron chi connectivity index (χ1n) is 7.07. The molecule has 1 aromatic heterocycles. The standard InChI is InChI=1S/C16H21N3/c1-3-12-4-6-13(7-5-12)14-10-18-15(19-14)16(8-9-16)11-17-2/h4-7,10,17H,3,8-9,11H2,1-2H3,(H,18,19). The Morgan fingerprint density at radius 1 is 1.26 bits per heavy atom. The molecular formula is C16H21N3. The zero-order valence-corrected chi connectivity index (χ0v) is 11.7. The second-order valence-electron chi connectivity index (χ2n) is 5.51. The van der Waals surface area contributed by atoms with E-state index >= 15 is 0 Å². The average Bonchev–Trinajstić information content (AvgIpc) is 3.05. The van der Waals surface area contributed by atoms with E-state index in [2.05, 4.69) is 46.5 Å². The zero-order valence-electron chi connectivity index (χ0n) is 11.7. The van der Waals surface area contributed by atoms with Crippen molar-refractivity contribution < 1.29 is 0 Å². The lowest BCUT2D eigenvalue weighted by molar-refractivity contribution is 0.594. The number of benzene rings is 1. The summed E-state index contributed by atoms with van der Waals surface area (Å²) in [7, 11) is 2.01. The number of hydrogen-bond acceptors (Lipinski definition) is 2. The molecule has 1 aliphatic carbocycles. The van der Waals surface area contributed by atoms with E-state index in [0.29, 0.717) is 0 Å². The molecule has 2 aromatic rings. The normalized spacial score (nSPS) is 16.5. The Kier molecular flexibility index (Phi) is 3.15. The van der Waals surface area contributed by atoms with Crippen LogP contribution in [0.15, 0.2) is 30.5 Å². The van der Waals surface area contributed by atoms with E-state index in [9.17, 15) is 0 Å². The third-order valence-electron chi connectivity index (χ3n) is 4.12. The molecule has 0 amide bonds. The van der Waals surface area contributed by atoms with Gasteiger partial charge in [0.05, 0.1) is 11.9 Å². The van der Waals surface area contributed by atoms with Crippen molar-refractivity contribution in [1.29, 1.82) is 0 Å². The summed E-state index contributed by atoms with van der Waals surface area (Å²) in [5, 5.41) is 3.27. The van der Waals surface area contributed by atoms with Crippen LogP contribution in [0.2, 0.25) is 0 Å². The molecule has 3 nitrogen and oxygen atoms in total. The molecule has 0 bridgehead atoms. The minimum absolute atomic E-state index is 0.260. The number of aromatic amines is 1. The van der Waals surface area contributed by atoms with Crippen molar-refractivity contribution in [3.8, 4) is 11.3 Å². The van der Waals surface area contributed by atoms with Crippen LogP contribution in [0.3, 0.4) is 0 Å². The minimum atomic E-state index is 0.260. The Labute approximate surface area is 114 Å². The largest absolute Gasteiger partial charge is 0.342 e. The van der Waals surface area contributed by atoms with Gasteiger partial charge in [-0.3, -0.25) is 0 Å². The Hall–Kier alpha value is -1.61. The van der Waals surface area contributed by atoms with Gasteiger partial charge >= 0.3 is 0 Å². The van der Waals surface area contributed by atoms with Crippen LogP contribution in [-0.4, -0.2) is 23.6 Å². The fraction of sp³-hybridized carbons (Fsp3) is 0.438. The van der Waals surface area contributed by atoms with Crippen molar-refractivity contribution in [1.82, 2.24) is 15.3 Å². The van der Waals surface area contributed by atoms with Crippen LogP contribution in [-0.2, 0) is 11.8 Å². The molecule has 1 saturated carbocycles. The number of aryl methyl sites for hydroxylation is 1. The summed E-state index contributed by atoms with van der Waals surface area (Å²) < 4.78 is 0. The first-order valence-corrected chi connectivity index (χ1v) is 7.07. The fourth-order valence-corrected chi connectivity index (χ4v) is 2.64. The smallest absolute Gasteiger partial charge is 0.114 e. The number of H-pyrrole nitrogens is 1. The van der Waals surface area contributed by atoms with Gasteiger partial charge in [-0.2, -0.15) is 0 Å². The highest BCUT2D eigenvalue weighted by Crippen LogP contribution is 2.46. The molecule has 1 heterocycles. The molecule has 0 radical (unpaired) electrons. The van der Waals surface area contributed by atoms with Gasteiger partial charge < -0.3 is 10.3 Å². The van der Waals surface area contributed by atoms with E-state index in [0.717, 1.165) is 24.5 Å². The van der Waals surface area contributed by atoms with E-state index in [1.54, 1.807) is 0 Å². The third kappa shape index (κ3) is 2.30. The van der Waals surface area contributed by atoms with Gasteiger partial charge in [0.25, 0.3) is 0 Å². The molecule has 0 spiro atoms. The summed E-state index contributed by atoms with van der Waals surface area (Å²) in [4.78, 5) is 8.10. The van der Waals surface area contributed by atoms with Gasteiger partial charge in [0.15, 0.2) is 0 Å². The maximum absolute atomic E-state index is 4.59. The van der Waals surface area contributed by atoms with Gasteiger partial charge in [-0.1, -0.05) is 31.2 Å². The number of imidazole rings is 1. The second-order valence-corrected chi connectivity index (χ2v) is 5.51. The van der Waals surface area contributed by atoms with E-state index in [1.807, 2.05) is 13.2 Å². The first-order chi connectivity index (χ1) is 9.27. The van der Waals surface area contributed by atoms with Gasteiger partial charge in [0.1, 0.15) is 5.82 Å². The number of rotatable bonds is 5. The van der Waals surface area contributed by atoms with E-state index in [4.69, 9.17) is 0 Å². The monoisotopic (exact) mass is 255 g/mol. The predicted octanol–water partition coefficient (Wildman–Crippen LogP) is 2.89. The molecule has 2 N–H and O–H groups in total. The van der Waals surface area contributed by atoms with Crippen LogP contribution < -0.4 is 5.32 Å². The van der Waals surface area contributed by atoms with Crippen LogP contribution in [0.5, 0.6) is 0 Å². The summed E-state index contributed by atoms with van der Waals surface area (Å²) >= 11 is 0. The van der Waals surface area contributed by atoms with Gasteiger partial charge in [-0.05, 0) is 37.4 Å². The number of aromatic nitrogens is 2. The van der Waals surface area contributed by atoms with Crippen molar-refractivity contribution >= 4 is 0 Å².